The largest absolute Gasteiger partial charge is 0.508 e. The smallest absolute Gasteiger partial charge is 0.320 e. The van der Waals surface area contributed by atoms with Crippen molar-refractivity contribution < 1.29 is 14.2 Å². The van der Waals surface area contributed by atoms with Crippen molar-refractivity contribution in [3.8, 4) is 23.1 Å². The Bertz CT molecular complexity index is 1480. The number of hydrogen-bond donors (Lipinski definition) is 2. The van der Waals surface area contributed by atoms with Crippen molar-refractivity contribution in [2.45, 2.75) is 74.7 Å². The van der Waals surface area contributed by atoms with Gasteiger partial charge >= 0.3 is 6.01 Å². The average Bonchev–Trinajstić information content (AvgIpc) is 3.51. The van der Waals surface area contributed by atoms with E-state index >= 15 is 0 Å². The van der Waals surface area contributed by atoms with Crippen LogP contribution in [0.3, 0.4) is 0 Å². The average molecular weight is 566 g/mol. The molecule has 210 valence electrons. The van der Waals surface area contributed by atoms with Gasteiger partial charge in [-0.25, -0.2) is 14.4 Å². The molecule has 1 saturated carbocycles. The first-order valence-corrected chi connectivity index (χ1v) is 14.9. The second kappa shape index (κ2) is 9.36. The van der Waals surface area contributed by atoms with Crippen molar-refractivity contribution in [2.24, 2.45) is 0 Å². The van der Waals surface area contributed by atoms with E-state index in [1.165, 1.54) is 0 Å². The van der Waals surface area contributed by atoms with Gasteiger partial charge in [0.1, 0.15) is 24.3 Å². The van der Waals surface area contributed by atoms with Gasteiger partial charge in [0.05, 0.1) is 10.9 Å². The summed E-state index contributed by atoms with van der Waals surface area (Å²) in [6, 6.07) is 4.39. The summed E-state index contributed by atoms with van der Waals surface area (Å²) in [7, 11) is 0. The van der Waals surface area contributed by atoms with Gasteiger partial charge < -0.3 is 20.1 Å². The lowest BCUT2D eigenvalue weighted by atomic mass is 9.95. The quantitative estimate of drug-likeness (QED) is 0.455. The molecule has 0 amide bonds. The summed E-state index contributed by atoms with van der Waals surface area (Å²) in [5, 5.41) is 15.3. The van der Waals surface area contributed by atoms with Gasteiger partial charge in [0.2, 0.25) is 0 Å². The van der Waals surface area contributed by atoms with Gasteiger partial charge in [0, 0.05) is 54.9 Å². The fourth-order valence-corrected chi connectivity index (χ4v) is 7.88. The van der Waals surface area contributed by atoms with Crippen LogP contribution < -0.4 is 15.0 Å². The van der Waals surface area contributed by atoms with E-state index in [9.17, 15) is 9.50 Å². The van der Waals surface area contributed by atoms with Crippen LogP contribution in [0.5, 0.6) is 11.8 Å². The number of rotatable bonds is 6. The standard InChI is InChI=1S/C29H33ClFN7O2/c30-23-9-20(39)8-21(24(23)16-2-3-16)25-32-11-22-26(34-25)35-28(36-27(22)37-13-18-4-5-19(14-37)33-18)40-15-29-6-1-7-38(29)12-17(31)10-29/h8-9,11,16-19,33,39H,1-7,10,12-15H2/t17-,18?,19?,29+/m1/s1. The number of alkyl halides is 1. The van der Waals surface area contributed by atoms with Gasteiger partial charge in [-0.05, 0) is 68.7 Å². The molecule has 2 unspecified atom stereocenters. The van der Waals surface area contributed by atoms with Crippen LogP contribution in [0.1, 0.15) is 56.4 Å². The van der Waals surface area contributed by atoms with Crippen molar-refractivity contribution in [3.63, 3.8) is 0 Å². The Morgan fingerprint density at radius 1 is 1.10 bits per heavy atom. The molecule has 2 aromatic heterocycles. The number of phenols is 1. The van der Waals surface area contributed by atoms with Crippen molar-refractivity contribution in [3.05, 3.63) is 28.9 Å². The van der Waals surface area contributed by atoms with Crippen LogP contribution in [0, 0.1) is 0 Å². The van der Waals surface area contributed by atoms with E-state index < -0.39 is 6.17 Å². The van der Waals surface area contributed by atoms with Crippen LogP contribution in [0.15, 0.2) is 18.3 Å². The maximum absolute atomic E-state index is 14.4. The van der Waals surface area contributed by atoms with Crippen molar-refractivity contribution in [1.29, 1.82) is 0 Å². The number of piperazine rings is 1. The molecule has 8 rings (SSSR count). The third-order valence-corrected chi connectivity index (χ3v) is 9.81. The van der Waals surface area contributed by atoms with Crippen molar-refractivity contribution in [1.82, 2.24) is 30.2 Å². The lowest BCUT2D eigenvalue weighted by Crippen LogP contribution is -2.51. The Balaban J connectivity index is 1.20. The predicted molar refractivity (Wildman–Crippen MR) is 150 cm³/mol. The molecule has 0 radical (unpaired) electrons. The second-order valence-corrected chi connectivity index (χ2v) is 12.7. The van der Waals surface area contributed by atoms with E-state index in [0.717, 1.165) is 80.5 Å². The number of nitrogens with one attached hydrogen (secondary N) is 1. The minimum absolute atomic E-state index is 0.0832. The SMILES string of the molecule is Oc1cc(Cl)c(C2CC2)c(-c2ncc3c(N4CC5CCC(C4)N5)nc(OC[C@@]45CCCN4C[C@H](F)C5)nc3n2)c1. The number of anilines is 1. The Labute approximate surface area is 237 Å². The molecule has 11 heteroatoms. The van der Waals surface area contributed by atoms with Gasteiger partial charge in [-0.3, -0.25) is 4.90 Å². The number of aromatic hydroxyl groups is 1. The Kier molecular flexibility index (Phi) is 5.83. The highest BCUT2D eigenvalue weighted by Crippen LogP contribution is 2.48. The third kappa shape index (κ3) is 4.26. The number of halogens is 2. The molecule has 4 aliphatic heterocycles. The van der Waals surface area contributed by atoms with E-state index in [4.69, 9.17) is 36.3 Å². The number of hydrogen-bond acceptors (Lipinski definition) is 9. The molecule has 0 spiro atoms. The van der Waals surface area contributed by atoms with E-state index in [-0.39, 0.29) is 17.3 Å². The molecule has 2 N–H and O–H groups in total. The van der Waals surface area contributed by atoms with E-state index in [1.54, 1.807) is 18.3 Å². The maximum atomic E-state index is 14.4. The molecule has 4 saturated heterocycles. The Hall–Kier alpha value is -2.82. The first kappa shape index (κ1) is 24.9. The number of fused-ring (bicyclic) bond motifs is 4. The highest BCUT2D eigenvalue weighted by atomic mass is 35.5. The van der Waals surface area contributed by atoms with Crippen LogP contribution in [-0.2, 0) is 0 Å². The summed E-state index contributed by atoms with van der Waals surface area (Å²) in [6.07, 6.45) is 7.84. The first-order chi connectivity index (χ1) is 19.4. The second-order valence-electron chi connectivity index (χ2n) is 12.3. The van der Waals surface area contributed by atoms with Crippen LogP contribution >= 0.6 is 11.6 Å². The molecular weight excluding hydrogens is 533 g/mol. The number of phenolic OH excluding ortho intramolecular Hbond substituents is 1. The zero-order valence-electron chi connectivity index (χ0n) is 22.3. The topological polar surface area (TPSA) is 99.5 Å². The van der Waals surface area contributed by atoms with Gasteiger partial charge in [-0.15, -0.1) is 0 Å². The lowest BCUT2D eigenvalue weighted by Gasteiger charge is -2.34. The summed E-state index contributed by atoms with van der Waals surface area (Å²) in [5.41, 5.74) is 1.91. The molecule has 3 aromatic rings. The number of nitrogens with zero attached hydrogens (tertiary/aromatic N) is 6. The number of ether oxygens (including phenoxy) is 1. The van der Waals surface area contributed by atoms with Crippen LogP contribution in [0.25, 0.3) is 22.4 Å². The normalized spacial score (nSPS) is 29.9. The molecule has 9 nitrogen and oxygen atoms in total. The zero-order valence-corrected chi connectivity index (χ0v) is 23.1. The third-order valence-electron chi connectivity index (χ3n) is 9.50. The molecular formula is C29H33ClFN7O2. The summed E-state index contributed by atoms with van der Waals surface area (Å²) >= 11 is 6.58. The van der Waals surface area contributed by atoms with E-state index in [1.807, 2.05) is 0 Å². The van der Waals surface area contributed by atoms with Gasteiger partial charge in [-0.2, -0.15) is 9.97 Å². The molecule has 5 fully saturated rings. The zero-order chi connectivity index (χ0) is 27.0. The molecule has 1 aliphatic carbocycles. The summed E-state index contributed by atoms with van der Waals surface area (Å²) in [5.74, 6) is 1.68. The summed E-state index contributed by atoms with van der Waals surface area (Å²) in [4.78, 5) is 23.8. The monoisotopic (exact) mass is 565 g/mol. The fraction of sp³-hybridized carbons (Fsp3) is 0.586. The molecule has 4 atom stereocenters. The first-order valence-electron chi connectivity index (χ1n) is 14.5. The highest BCUT2D eigenvalue weighted by molar-refractivity contribution is 6.32. The lowest BCUT2D eigenvalue weighted by molar-refractivity contribution is 0.107. The van der Waals surface area contributed by atoms with Crippen LogP contribution in [0.4, 0.5) is 10.2 Å². The summed E-state index contributed by atoms with van der Waals surface area (Å²) < 4.78 is 20.7. The molecule has 40 heavy (non-hydrogen) atoms. The van der Waals surface area contributed by atoms with E-state index in [0.29, 0.717) is 54.1 Å². The van der Waals surface area contributed by atoms with Crippen molar-refractivity contribution >= 4 is 28.5 Å². The molecule has 2 bridgehead atoms. The minimum Gasteiger partial charge on any atom is -0.508 e. The minimum atomic E-state index is -0.821. The molecule has 5 aliphatic rings. The van der Waals surface area contributed by atoms with Crippen LogP contribution in [-0.4, -0.2) is 86.5 Å². The van der Waals surface area contributed by atoms with E-state index in [2.05, 4.69) is 15.1 Å². The predicted octanol–water partition coefficient (Wildman–Crippen LogP) is 4.22. The Morgan fingerprint density at radius 3 is 2.73 bits per heavy atom. The van der Waals surface area contributed by atoms with Crippen molar-refractivity contribution in [2.75, 3.05) is 37.7 Å². The summed E-state index contributed by atoms with van der Waals surface area (Å²) in [6.45, 7) is 3.43. The van der Waals surface area contributed by atoms with Gasteiger partial charge in [-0.1, -0.05) is 11.6 Å². The molecule has 1 aromatic carbocycles. The highest BCUT2D eigenvalue weighted by Gasteiger charge is 2.49. The molecule has 6 heterocycles. The number of aromatic nitrogens is 4. The van der Waals surface area contributed by atoms with Gasteiger partial charge in [0.15, 0.2) is 11.5 Å². The van der Waals surface area contributed by atoms with Gasteiger partial charge in [0.25, 0.3) is 0 Å². The fourth-order valence-electron chi connectivity index (χ4n) is 7.51. The van der Waals surface area contributed by atoms with Crippen LogP contribution in [0.2, 0.25) is 5.02 Å². The number of benzene rings is 1. The maximum Gasteiger partial charge on any atom is 0.320 e. The Morgan fingerprint density at radius 2 is 1.93 bits per heavy atom.